The number of aromatic nitrogens is 2. The molecule has 9 rings (SSSR count). The van der Waals surface area contributed by atoms with E-state index in [1.54, 1.807) is 11.3 Å². The van der Waals surface area contributed by atoms with Crippen LogP contribution >= 0.6 is 11.3 Å². The molecule has 0 aliphatic rings. The van der Waals surface area contributed by atoms with E-state index in [-0.39, 0.29) is 5.82 Å². The number of imidazole rings is 1. The number of furan rings is 1. The normalized spacial score (nSPS) is 11.9. The first-order chi connectivity index (χ1) is 20.7. The van der Waals surface area contributed by atoms with E-state index < -0.39 is 0 Å². The number of nitrogens with zero attached hydrogens (tertiary/aromatic N) is 2. The quantitative estimate of drug-likeness (QED) is 0.215. The number of thiophene rings is 1. The summed E-state index contributed by atoms with van der Waals surface area (Å²) < 4.78 is 24.9. The molecule has 3 heterocycles. The Morgan fingerprint density at radius 3 is 2.29 bits per heavy atom. The molecule has 5 heteroatoms. The average Bonchev–Trinajstić information content (AvgIpc) is 3.73. The zero-order valence-corrected chi connectivity index (χ0v) is 23.0. The van der Waals surface area contributed by atoms with Crippen LogP contribution in [0.1, 0.15) is 0 Å². The van der Waals surface area contributed by atoms with Gasteiger partial charge in [0.2, 0.25) is 0 Å². The summed E-state index contributed by atoms with van der Waals surface area (Å²) in [5.41, 5.74) is 7.67. The van der Waals surface area contributed by atoms with Crippen molar-refractivity contribution in [2.24, 2.45) is 0 Å². The molecule has 9 aromatic rings. The maximum absolute atomic E-state index is 13.9. The lowest BCUT2D eigenvalue weighted by Crippen LogP contribution is -1.98. The van der Waals surface area contributed by atoms with Crippen LogP contribution in [0.25, 0.3) is 81.3 Å². The molecule has 3 aromatic heterocycles. The van der Waals surface area contributed by atoms with E-state index in [9.17, 15) is 4.39 Å². The van der Waals surface area contributed by atoms with Gasteiger partial charge in [-0.05, 0) is 59.7 Å². The third-order valence-corrected chi connectivity index (χ3v) is 9.31. The second-order valence-electron chi connectivity index (χ2n) is 10.5. The highest BCUT2D eigenvalue weighted by atomic mass is 32.1. The van der Waals surface area contributed by atoms with Gasteiger partial charge in [-0.1, -0.05) is 78.9 Å². The van der Waals surface area contributed by atoms with Gasteiger partial charge in [0.05, 0.1) is 16.7 Å². The molecule has 6 aromatic carbocycles. The summed E-state index contributed by atoms with van der Waals surface area (Å²) in [4.78, 5) is 5.23. The van der Waals surface area contributed by atoms with Crippen molar-refractivity contribution in [1.82, 2.24) is 9.55 Å². The van der Waals surface area contributed by atoms with Crippen LogP contribution in [0.2, 0.25) is 0 Å². The Morgan fingerprint density at radius 2 is 1.38 bits per heavy atom. The second-order valence-corrected chi connectivity index (χ2v) is 11.5. The lowest BCUT2D eigenvalue weighted by molar-refractivity contribution is 0.628. The maximum Gasteiger partial charge on any atom is 0.159 e. The van der Waals surface area contributed by atoms with Crippen molar-refractivity contribution in [1.29, 1.82) is 0 Å². The van der Waals surface area contributed by atoms with E-state index in [1.807, 2.05) is 36.4 Å². The largest absolute Gasteiger partial charge is 0.454 e. The van der Waals surface area contributed by atoms with Gasteiger partial charge in [0.15, 0.2) is 5.58 Å². The number of hydrogen-bond acceptors (Lipinski definition) is 3. The Labute approximate surface area is 243 Å². The first-order valence-electron chi connectivity index (χ1n) is 13.8. The Hall–Kier alpha value is -5.26. The molecule has 0 spiro atoms. The number of hydrogen-bond donors (Lipinski definition) is 0. The Morgan fingerprint density at radius 1 is 0.643 bits per heavy atom. The van der Waals surface area contributed by atoms with Crippen LogP contribution in [0, 0.1) is 5.82 Å². The SMILES string of the molecule is Fc1ccc(-c2ccc(-c3nc4ccccc4n3-c3cccc4c3oc3ccccc34)c3sc4ccccc4c23)cc1. The molecular weight excluding hydrogens is 539 g/mol. The van der Waals surface area contributed by atoms with Crippen molar-refractivity contribution in [3.05, 3.63) is 133 Å². The minimum absolute atomic E-state index is 0.240. The van der Waals surface area contributed by atoms with Crippen molar-refractivity contribution in [3.63, 3.8) is 0 Å². The summed E-state index contributed by atoms with van der Waals surface area (Å²) in [6.45, 7) is 0. The maximum atomic E-state index is 13.9. The highest BCUT2D eigenvalue weighted by Crippen LogP contribution is 2.46. The number of halogens is 1. The van der Waals surface area contributed by atoms with Crippen molar-refractivity contribution >= 4 is 64.5 Å². The van der Waals surface area contributed by atoms with Gasteiger partial charge in [0.1, 0.15) is 17.2 Å². The molecule has 42 heavy (non-hydrogen) atoms. The summed E-state index contributed by atoms with van der Waals surface area (Å²) in [5, 5.41) is 4.50. The van der Waals surface area contributed by atoms with Crippen LogP contribution in [0.3, 0.4) is 0 Å². The standard InChI is InChI=1S/C37H21FN2OS/c38-23-18-16-22(17-19-23)24-20-21-28(36-34(24)27-9-2-6-15-33(27)42-36)37-39-29-11-3-4-12-30(29)40(37)31-13-7-10-26-25-8-1-5-14-32(25)41-35(26)31/h1-21H. The summed E-state index contributed by atoms with van der Waals surface area (Å²) in [5.74, 6) is 0.613. The van der Waals surface area contributed by atoms with Crippen molar-refractivity contribution < 1.29 is 8.81 Å². The molecule has 0 unspecified atom stereocenters. The Kier molecular flexibility index (Phi) is 4.95. The van der Waals surface area contributed by atoms with Gasteiger partial charge in [-0.25, -0.2) is 9.37 Å². The van der Waals surface area contributed by atoms with E-state index in [0.29, 0.717) is 0 Å². The van der Waals surface area contributed by atoms with Crippen LogP contribution in [0.15, 0.2) is 132 Å². The second kappa shape index (κ2) is 8.87. The average molecular weight is 561 g/mol. The van der Waals surface area contributed by atoms with Gasteiger partial charge >= 0.3 is 0 Å². The minimum atomic E-state index is -0.240. The molecule has 0 saturated heterocycles. The molecule has 0 aliphatic heterocycles. The first kappa shape index (κ1) is 23.4. The molecule has 0 radical (unpaired) electrons. The van der Waals surface area contributed by atoms with Gasteiger partial charge in [-0.15, -0.1) is 11.3 Å². The van der Waals surface area contributed by atoms with Crippen LogP contribution in [0.4, 0.5) is 4.39 Å². The number of rotatable bonds is 3. The van der Waals surface area contributed by atoms with Crippen LogP contribution in [-0.2, 0) is 0 Å². The molecule has 0 atom stereocenters. The Balaban J connectivity index is 1.40. The van der Waals surface area contributed by atoms with Gasteiger partial charge in [-0.3, -0.25) is 4.57 Å². The van der Waals surface area contributed by atoms with Crippen molar-refractivity contribution in [3.8, 4) is 28.2 Å². The lowest BCUT2D eigenvalue weighted by Gasteiger charge is -2.13. The number of benzene rings is 6. The summed E-state index contributed by atoms with van der Waals surface area (Å²) in [6.07, 6.45) is 0. The molecule has 198 valence electrons. The fourth-order valence-corrected chi connectivity index (χ4v) is 7.47. The number of fused-ring (bicyclic) bond motifs is 7. The highest BCUT2D eigenvalue weighted by molar-refractivity contribution is 7.26. The van der Waals surface area contributed by atoms with Gasteiger partial charge in [0, 0.05) is 36.5 Å². The monoisotopic (exact) mass is 560 g/mol. The zero-order valence-electron chi connectivity index (χ0n) is 22.2. The molecule has 0 saturated carbocycles. The van der Waals surface area contributed by atoms with E-state index in [0.717, 1.165) is 71.3 Å². The molecule has 0 N–H and O–H groups in total. The number of para-hydroxylation sites is 4. The lowest BCUT2D eigenvalue weighted by atomic mass is 9.97. The van der Waals surface area contributed by atoms with Crippen LogP contribution < -0.4 is 0 Å². The fraction of sp³-hybridized carbons (Fsp3) is 0. The van der Waals surface area contributed by atoms with Gasteiger partial charge < -0.3 is 4.42 Å². The minimum Gasteiger partial charge on any atom is -0.454 e. The van der Waals surface area contributed by atoms with E-state index in [2.05, 4.69) is 83.4 Å². The topological polar surface area (TPSA) is 31.0 Å². The molecule has 0 aliphatic carbocycles. The third kappa shape index (κ3) is 3.34. The summed E-state index contributed by atoms with van der Waals surface area (Å²) in [6, 6.07) is 42.3. The van der Waals surface area contributed by atoms with Gasteiger partial charge in [-0.2, -0.15) is 0 Å². The van der Waals surface area contributed by atoms with Crippen LogP contribution in [0.5, 0.6) is 0 Å². The zero-order chi connectivity index (χ0) is 27.8. The van der Waals surface area contributed by atoms with E-state index >= 15 is 0 Å². The first-order valence-corrected chi connectivity index (χ1v) is 14.6. The molecule has 3 nitrogen and oxygen atoms in total. The summed E-state index contributed by atoms with van der Waals surface area (Å²) >= 11 is 1.77. The van der Waals surface area contributed by atoms with E-state index in [4.69, 9.17) is 9.40 Å². The third-order valence-electron chi connectivity index (χ3n) is 8.11. The summed E-state index contributed by atoms with van der Waals surface area (Å²) in [7, 11) is 0. The highest BCUT2D eigenvalue weighted by Gasteiger charge is 2.23. The molecule has 0 bridgehead atoms. The van der Waals surface area contributed by atoms with Crippen molar-refractivity contribution in [2.45, 2.75) is 0 Å². The predicted octanol–water partition coefficient (Wildman–Crippen LogP) is 10.8. The molecular formula is C37H21FN2OS. The van der Waals surface area contributed by atoms with E-state index in [1.165, 1.54) is 22.2 Å². The Bertz CT molecular complexity index is 2480. The van der Waals surface area contributed by atoms with Crippen molar-refractivity contribution in [2.75, 3.05) is 0 Å². The fourth-order valence-electron chi connectivity index (χ4n) is 6.23. The molecule has 0 fully saturated rings. The smallest absolute Gasteiger partial charge is 0.159 e. The van der Waals surface area contributed by atoms with Crippen LogP contribution in [-0.4, -0.2) is 9.55 Å². The molecule has 0 amide bonds. The predicted molar refractivity (Wildman–Crippen MR) is 172 cm³/mol. The van der Waals surface area contributed by atoms with Gasteiger partial charge in [0.25, 0.3) is 0 Å².